The first-order valence-electron chi connectivity index (χ1n) is 4.82. The van der Waals surface area contributed by atoms with Crippen molar-refractivity contribution >= 4 is 5.82 Å². The number of allylic oxidation sites excluding steroid dienone is 5. The highest BCUT2D eigenvalue weighted by Crippen LogP contribution is 2.04. The molecule has 0 radical (unpaired) electrons. The molecule has 0 unspecified atom stereocenters. The van der Waals surface area contributed by atoms with Crippen LogP contribution in [0.25, 0.3) is 0 Å². The van der Waals surface area contributed by atoms with Crippen molar-refractivity contribution in [3.8, 4) is 0 Å². The monoisotopic (exact) mass is 204 g/mol. The molecule has 0 bridgehead atoms. The average Bonchev–Trinajstić information content (AvgIpc) is 2.66. The highest BCUT2D eigenvalue weighted by Gasteiger charge is 1.98. The smallest absolute Gasteiger partial charge is 0.168 e. The number of nitrogens with zero attached hydrogens (tertiary/aromatic N) is 3. The third-order valence-electron chi connectivity index (χ3n) is 1.85. The van der Waals surface area contributed by atoms with Crippen molar-refractivity contribution in [3.63, 3.8) is 0 Å². The van der Waals surface area contributed by atoms with Gasteiger partial charge in [-0.25, -0.2) is 4.68 Å². The van der Waals surface area contributed by atoms with Crippen LogP contribution in [-0.4, -0.2) is 22.0 Å². The van der Waals surface area contributed by atoms with Crippen LogP contribution in [0.4, 0.5) is 5.82 Å². The van der Waals surface area contributed by atoms with E-state index in [9.17, 15) is 0 Å². The van der Waals surface area contributed by atoms with Crippen LogP contribution in [0.1, 0.15) is 6.92 Å². The molecule has 80 valence electrons. The van der Waals surface area contributed by atoms with Gasteiger partial charge in [0.2, 0.25) is 0 Å². The molecule has 0 aromatic carbocycles. The second kappa shape index (κ2) is 5.80. The Morgan fingerprint density at radius 3 is 3.00 bits per heavy atom. The zero-order valence-electron chi connectivity index (χ0n) is 9.14. The number of rotatable bonds is 5. The second-order valence-corrected chi connectivity index (χ2v) is 3.03. The van der Waals surface area contributed by atoms with Crippen LogP contribution in [-0.2, 0) is 6.54 Å². The second-order valence-electron chi connectivity index (χ2n) is 3.03. The quantitative estimate of drug-likeness (QED) is 0.746. The van der Waals surface area contributed by atoms with Gasteiger partial charge in [0, 0.05) is 7.05 Å². The van der Waals surface area contributed by atoms with E-state index in [1.54, 1.807) is 10.8 Å². The molecule has 0 aliphatic rings. The lowest BCUT2D eigenvalue weighted by molar-refractivity contribution is 0.649. The Balaban J connectivity index is 2.73. The van der Waals surface area contributed by atoms with Crippen molar-refractivity contribution in [2.75, 3.05) is 12.4 Å². The molecule has 0 aliphatic heterocycles. The number of nitrogens with one attached hydrogen (secondary N) is 1. The van der Waals surface area contributed by atoms with Gasteiger partial charge in [-0.05, 0) is 12.5 Å². The van der Waals surface area contributed by atoms with Gasteiger partial charge in [-0.1, -0.05) is 36.1 Å². The highest BCUT2D eigenvalue weighted by molar-refractivity contribution is 5.29. The molecule has 0 saturated carbocycles. The van der Waals surface area contributed by atoms with Gasteiger partial charge in [0.1, 0.15) is 0 Å². The fourth-order valence-corrected chi connectivity index (χ4v) is 1.20. The molecule has 0 atom stereocenters. The standard InChI is InChI=1S/C11H16N4/c1-4-6-10(7-5-2)8-15-9-11(12-3)13-14-15/h4-7,9,12H,1,8H2,2-3H3/b7-5-,10-6+. The minimum Gasteiger partial charge on any atom is -0.370 e. The summed E-state index contributed by atoms with van der Waals surface area (Å²) >= 11 is 0. The van der Waals surface area contributed by atoms with Crippen molar-refractivity contribution in [2.24, 2.45) is 0 Å². The van der Waals surface area contributed by atoms with E-state index >= 15 is 0 Å². The molecular formula is C11H16N4. The van der Waals surface area contributed by atoms with Crippen LogP contribution >= 0.6 is 0 Å². The third-order valence-corrected chi connectivity index (χ3v) is 1.85. The Kier molecular flexibility index (Phi) is 4.34. The summed E-state index contributed by atoms with van der Waals surface area (Å²) in [6, 6.07) is 0. The van der Waals surface area contributed by atoms with Crippen molar-refractivity contribution in [3.05, 3.63) is 42.7 Å². The van der Waals surface area contributed by atoms with E-state index in [-0.39, 0.29) is 0 Å². The SMILES string of the molecule is C=C/C=C(\C=C/C)Cn1cc(NC)nn1. The van der Waals surface area contributed by atoms with Crippen LogP contribution in [0.15, 0.2) is 42.7 Å². The first-order chi connectivity index (χ1) is 7.30. The van der Waals surface area contributed by atoms with Crippen molar-refractivity contribution in [1.29, 1.82) is 0 Å². The Morgan fingerprint density at radius 2 is 2.47 bits per heavy atom. The van der Waals surface area contributed by atoms with E-state index in [0.29, 0.717) is 6.54 Å². The van der Waals surface area contributed by atoms with Crippen LogP contribution in [0.2, 0.25) is 0 Å². The molecule has 4 nitrogen and oxygen atoms in total. The minimum atomic E-state index is 0.699. The number of hydrogen-bond acceptors (Lipinski definition) is 3. The van der Waals surface area contributed by atoms with Gasteiger partial charge >= 0.3 is 0 Å². The van der Waals surface area contributed by atoms with E-state index in [1.165, 1.54) is 0 Å². The summed E-state index contributed by atoms with van der Waals surface area (Å²) in [4.78, 5) is 0. The Morgan fingerprint density at radius 1 is 1.67 bits per heavy atom. The molecular weight excluding hydrogens is 188 g/mol. The molecule has 1 aromatic rings. The number of hydrogen-bond donors (Lipinski definition) is 1. The Hall–Kier alpha value is -1.84. The van der Waals surface area contributed by atoms with Crippen LogP contribution < -0.4 is 5.32 Å². The van der Waals surface area contributed by atoms with Gasteiger partial charge < -0.3 is 5.32 Å². The fraction of sp³-hybridized carbons (Fsp3) is 0.273. The van der Waals surface area contributed by atoms with Crippen LogP contribution in [0.5, 0.6) is 0 Å². The summed E-state index contributed by atoms with van der Waals surface area (Å²) in [5.74, 6) is 0.772. The summed E-state index contributed by atoms with van der Waals surface area (Å²) in [5.41, 5.74) is 1.14. The molecule has 0 spiro atoms. The van der Waals surface area contributed by atoms with Crippen molar-refractivity contribution in [2.45, 2.75) is 13.5 Å². The van der Waals surface area contributed by atoms with Gasteiger partial charge in [0.15, 0.2) is 5.82 Å². The van der Waals surface area contributed by atoms with Crippen LogP contribution in [0, 0.1) is 0 Å². The predicted octanol–water partition coefficient (Wildman–Crippen LogP) is 2.01. The lowest BCUT2D eigenvalue weighted by Crippen LogP contribution is -2.00. The van der Waals surface area contributed by atoms with Gasteiger partial charge in [0.05, 0.1) is 12.7 Å². The van der Waals surface area contributed by atoms with E-state index in [4.69, 9.17) is 0 Å². The molecule has 1 heterocycles. The first-order valence-corrected chi connectivity index (χ1v) is 4.82. The zero-order valence-corrected chi connectivity index (χ0v) is 9.14. The topological polar surface area (TPSA) is 42.7 Å². The molecule has 1 aromatic heterocycles. The van der Waals surface area contributed by atoms with Crippen LogP contribution in [0.3, 0.4) is 0 Å². The summed E-state index contributed by atoms with van der Waals surface area (Å²) < 4.78 is 1.78. The van der Waals surface area contributed by atoms with Crippen molar-refractivity contribution < 1.29 is 0 Å². The summed E-state index contributed by atoms with van der Waals surface area (Å²) in [6.07, 6.45) is 9.61. The summed E-state index contributed by atoms with van der Waals surface area (Å²) in [7, 11) is 1.82. The molecule has 15 heavy (non-hydrogen) atoms. The lowest BCUT2D eigenvalue weighted by atomic mass is 10.2. The molecule has 1 rings (SSSR count). The maximum Gasteiger partial charge on any atom is 0.168 e. The predicted molar refractivity (Wildman–Crippen MR) is 62.7 cm³/mol. The number of anilines is 1. The van der Waals surface area contributed by atoms with E-state index in [1.807, 2.05) is 38.4 Å². The summed E-state index contributed by atoms with van der Waals surface area (Å²) in [5, 5.41) is 10.9. The van der Waals surface area contributed by atoms with Gasteiger partial charge in [-0.3, -0.25) is 0 Å². The fourth-order valence-electron chi connectivity index (χ4n) is 1.20. The Bertz CT molecular complexity index is 374. The first kappa shape index (κ1) is 11.2. The molecule has 0 amide bonds. The van der Waals surface area contributed by atoms with E-state index < -0.39 is 0 Å². The largest absolute Gasteiger partial charge is 0.370 e. The normalized spacial score (nSPS) is 12.0. The molecule has 1 N–H and O–H groups in total. The lowest BCUT2D eigenvalue weighted by Gasteiger charge is -2.00. The zero-order chi connectivity index (χ0) is 11.1. The average molecular weight is 204 g/mol. The third kappa shape index (κ3) is 3.42. The number of aromatic nitrogens is 3. The van der Waals surface area contributed by atoms with Gasteiger partial charge in [0.25, 0.3) is 0 Å². The molecule has 0 saturated heterocycles. The van der Waals surface area contributed by atoms with E-state index in [2.05, 4.69) is 22.2 Å². The van der Waals surface area contributed by atoms with Gasteiger partial charge in [-0.2, -0.15) is 0 Å². The maximum atomic E-state index is 3.99. The molecule has 4 heteroatoms. The minimum absolute atomic E-state index is 0.699. The summed E-state index contributed by atoms with van der Waals surface area (Å²) in [6.45, 7) is 6.36. The van der Waals surface area contributed by atoms with Gasteiger partial charge in [-0.15, -0.1) is 5.10 Å². The van der Waals surface area contributed by atoms with Crippen molar-refractivity contribution in [1.82, 2.24) is 15.0 Å². The van der Waals surface area contributed by atoms with E-state index in [0.717, 1.165) is 11.4 Å². The molecule has 0 aliphatic carbocycles. The maximum absolute atomic E-state index is 3.99. The highest BCUT2D eigenvalue weighted by atomic mass is 15.4. The Labute approximate surface area is 90.0 Å². The molecule has 0 fully saturated rings.